The molecule has 0 radical (unpaired) electrons. The molecule has 0 saturated carbocycles. The summed E-state index contributed by atoms with van der Waals surface area (Å²) >= 11 is 0. The predicted molar refractivity (Wildman–Crippen MR) is 135 cm³/mol. The minimum Gasteiger partial charge on any atom is -0.486 e. The van der Waals surface area contributed by atoms with E-state index in [1.807, 2.05) is 42.5 Å². The van der Waals surface area contributed by atoms with E-state index in [0.717, 1.165) is 39.3 Å². The van der Waals surface area contributed by atoms with Crippen LogP contribution in [-0.2, 0) is 4.74 Å². The highest BCUT2D eigenvalue weighted by atomic mass is 16.6. The smallest absolute Gasteiger partial charge is 0.251 e. The van der Waals surface area contributed by atoms with Crippen molar-refractivity contribution in [3.05, 3.63) is 78.2 Å². The third kappa shape index (κ3) is 4.93. The van der Waals surface area contributed by atoms with Crippen molar-refractivity contribution in [2.24, 2.45) is 0 Å². The van der Waals surface area contributed by atoms with Gasteiger partial charge in [0.2, 0.25) is 0 Å². The quantitative estimate of drug-likeness (QED) is 0.402. The number of aromatic nitrogens is 3. The number of anilines is 1. The van der Waals surface area contributed by atoms with Gasteiger partial charge in [-0.15, -0.1) is 0 Å². The van der Waals surface area contributed by atoms with E-state index >= 15 is 0 Å². The summed E-state index contributed by atoms with van der Waals surface area (Å²) in [6.07, 6.45) is 3.39. The molecule has 1 aliphatic heterocycles. The van der Waals surface area contributed by atoms with Crippen LogP contribution in [0, 0.1) is 0 Å². The van der Waals surface area contributed by atoms with Crippen LogP contribution in [0.25, 0.3) is 22.2 Å². The molecule has 3 heterocycles. The van der Waals surface area contributed by atoms with Gasteiger partial charge in [0.25, 0.3) is 5.91 Å². The largest absolute Gasteiger partial charge is 0.486 e. The molecule has 1 atom stereocenters. The van der Waals surface area contributed by atoms with Crippen LogP contribution in [-0.4, -0.2) is 53.8 Å². The summed E-state index contributed by atoms with van der Waals surface area (Å²) < 4.78 is 11.0. The molecule has 1 aliphatic rings. The maximum atomic E-state index is 12.3. The number of fused-ring (bicyclic) bond motifs is 1. The Balaban J connectivity index is 1.29. The molecule has 2 N–H and O–H groups in total. The van der Waals surface area contributed by atoms with Gasteiger partial charge in [0.15, 0.2) is 0 Å². The van der Waals surface area contributed by atoms with Crippen molar-refractivity contribution in [2.45, 2.75) is 18.9 Å². The summed E-state index contributed by atoms with van der Waals surface area (Å²) in [5.74, 6) is 1.58. The zero-order valence-corrected chi connectivity index (χ0v) is 19.7. The third-order valence-electron chi connectivity index (χ3n) is 6.12. The number of ether oxygens (including phenoxy) is 2. The lowest BCUT2D eigenvalue weighted by atomic mass is 9.96. The van der Waals surface area contributed by atoms with Crippen LogP contribution in [0.4, 0.5) is 5.82 Å². The van der Waals surface area contributed by atoms with Gasteiger partial charge in [-0.05, 0) is 35.9 Å². The Bertz CT molecular complexity index is 1340. The molecule has 2 aromatic heterocycles. The molecule has 0 spiro atoms. The molecule has 1 amide bonds. The Labute approximate surface area is 203 Å². The average Bonchev–Trinajstić information content (AvgIpc) is 2.88. The zero-order chi connectivity index (χ0) is 24.2. The van der Waals surface area contributed by atoms with Crippen molar-refractivity contribution in [1.29, 1.82) is 0 Å². The normalized spacial score (nSPS) is 14.2. The Morgan fingerprint density at radius 3 is 2.69 bits per heavy atom. The van der Waals surface area contributed by atoms with E-state index in [9.17, 15) is 4.79 Å². The van der Waals surface area contributed by atoms with E-state index in [1.165, 1.54) is 0 Å². The highest BCUT2D eigenvalue weighted by Crippen LogP contribution is 2.27. The minimum absolute atomic E-state index is 0.120. The summed E-state index contributed by atoms with van der Waals surface area (Å²) in [6.45, 7) is 4.07. The van der Waals surface area contributed by atoms with E-state index in [2.05, 4.69) is 38.6 Å². The first-order chi connectivity index (χ1) is 17.1. The maximum absolute atomic E-state index is 12.3. The molecule has 0 aliphatic carbocycles. The van der Waals surface area contributed by atoms with Crippen LogP contribution in [0.15, 0.2) is 67.1 Å². The zero-order valence-electron chi connectivity index (χ0n) is 19.7. The maximum Gasteiger partial charge on any atom is 0.251 e. The summed E-state index contributed by atoms with van der Waals surface area (Å²) in [6, 6.07) is 17.5. The monoisotopic (exact) mass is 469 g/mol. The van der Waals surface area contributed by atoms with Gasteiger partial charge in [-0.1, -0.05) is 25.1 Å². The Kier molecular flexibility index (Phi) is 6.54. The number of amides is 1. The fourth-order valence-electron chi connectivity index (χ4n) is 4.09. The third-order valence-corrected chi connectivity index (χ3v) is 6.12. The van der Waals surface area contributed by atoms with E-state index in [1.54, 1.807) is 25.6 Å². The van der Waals surface area contributed by atoms with Crippen LogP contribution in [0.5, 0.6) is 5.75 Å². The SMILES string of the molecule is CNC(=O)c1ccnc2c(C(C)CNc3cc(-c4ccc(OC5COC5)cc4)ncn3)cccc12. The van der Waals surface area contributed by atoms with Crippen molar-refractivity contribution in [3.8, 4) is 17.0 Å². The lowest BCUT2D eigenvalue weighted by molar-refractivity contribution is -0.0796. The molecule has 35 heavy (non-hydrogen) atoms. The number of nitrogens with zero attached hydrogens (tertiary/aromatic N) is 3. The highest BCUT2D eigenvalue weighted by Gasteiger charge is 2.20. The molecule has 8 nitrogen and oxygen atoms in total. The number of pyridine rings is 1. The van der Waals surface area contributed by atoms with Gasteiger partial charge in [-0.2, -0.15) is 0 Å². The summed E-state index contributed by atoms with van der Waals surface area (Å²) in [5.41, 5.74) is 4.35. The number of hydrogen-bond donors (Lipinski definition) is 2. The van der Waals surface area contributed by atoms with Crippen molar-refractivity contribution < 1.29 is 14.3 Å². The van der Waals surface area contributed by atoms with Crippen LogP contribution in [0.2, 0.25) is 0 Å². The van der Waals surface area contributed by atoms with E-state index in [-0.39, 0.29) is 17.9 Å². The fourth-order valence-corrected chi connectivity index (χ4v) is 4.09. The number of rotatable bonds is 8. The molecule has 8 heteroatoms. The molecule has 1 saturated heterocycles. The predicted octanol–water partition coefficient (Wildman–Crippen LogP) is 4.04. The summed E-state index contributed by atoms with van der Waals surface area (Å²) in [4.78, 5) is 25.7. The minimum atomic E-state index is -0.120. The second-order valence-corrected chi connectivity index (χ2v) is 8.55. The number of carbonyl (C=O) groups excluding carboxylic acids is 1. The molecular formula is C27H27N5O3. The van der Waals surface area contributed by atoms with Crippen molar-refractivity contribution in [1.82, 2.24) is 20.3 Å². The van der Waals surface area contributed by atoms with E-state index in [0.29, 0.717) is 25.3 Å². The van der Waals surface area contributed by atoms with Crippen molar-refractivity contribution >= 4 is 22.6 Å². The van der Waals surface area contributed by atoms with Gasteiger partial charge >= 0.3 is 0 Å². The van der Waals surface area contributed by atoms with E-state index < -0.39 is 0 Å². The summed E-state index contributed by atoms with van der Waals surface area (Å²) in [7, 11) is 1.63. The average molecular weight is 470 g/mol. The first-order valence-corrected chi connectivity index (χ1v) is 11.6. The van der Waals surface area contributed by atoms with Gasteiger partial charge in [-0.3, -0.25) is 9.78 Å². The molecule has 5 rings (SSSR count). The van der Waals surface area contributed by atoms with Crippen molar-refractivity contribution in [2.75, 3.05) is 32.1 Å². The Morgan fingerprint density at radius 2 is 1.94 bits per heavy atom. The van der Waals surface area contributed by atoms with E-state index in [4.69, 9.17) is 9.47 Å². The van der Waals surface area contributed by atoms with Crippen LogP contribution in [0.3, 0.4) is 0 Å². The molecule has 4 aromatic rings. The van der Waals surface area contributed by atoms with Gasteiger partial charge in [0, 0.05) is 42.7 Å². The van der Waals surface area contributed by atoms with Crippen LogP contribution in [0.1, 0.15) is 28.8 Å². The second kappa shape index (κ2) is 10.1. The lowest BCUT2D eigenvalue weighted by Crippen LogP contribution is -2.38. The Hall–Kier alpha value is -4.04. The molecule has 0 bridgehead atoms. The lowest BCUT2D eigenvalue weighted by Gasteiger charge is -2.26. The van der Waals surface area contributed by atoms with Gasteiger partial charge in [0.1, 0.15) is 24.0 Å². The summed E-state index contributed by atoms with van der Waals surface area (Å²) in [5, 5.41) is 6.97. The topological polar surface area (TPSA) is 98.3 Å². The number of hydrogen-bond acceptors (Lipinski definition) is 7. The number of para-hydroxylation sites is 1. The first kappa shape index (κ1) is 22.7. The number of carbonyl (C=O) groups is 1. The molecule has 1 fully saturated rings. The highest BCUT2D eigenvalue weighted by molar-refractivity contribution is 6.06. The standard InChI is InChI=1S/C27H27N5O3/c1-17(21-4-3-5-22-23(27(33)28-2)10-11-29-26(21)22)13-30-25-12-24(31-16-32-25)18-6-8-19(9-7-18)35-20-14-34-15-20/h3-12,16-17,20H,13-15H2,1-2H3,(H,28,33)(H,30,31,32). The number of benzene rings is 2. The molecule has 1 unspecified atom stereocenters. The molecule has 178 valence electrons. The van der Waals surface area contributed by atoms with Crippen LogP contribution < -0.4 is 15.4 Å². The van der Waals surface area contributed by atoms with Gasteiger partial charge in [-0.25, -0.2) is 9.97 Å². The van der Waals surface area contributed by atoms with Gasteiger partial charge in [0.05, 0.1) is 30.0 Å². The second-order valence-electron chi connectivity index (χ2n) is 8.55. The first-order valence-electron chi connectivity index (χ1n) is 11.6. The Morgan fingerprint density at radius 1 is 1.11 bits per heavy atom. The molecular weight excluding hydrogens is 442 g/mol. The fraction of sp³-hybridized carbons (Fsp3) is 0.259. The van der Waals surface area contributed by atoms with Crippen molar-refractivity contribution in [3.63, 3.8) is 0 Å². The van der Waals surface area contributed by atoms with Gasteiger partial charge < -0.3 is 20.1 Å². The number of nitrogens with one attached hydrogen (secondary N) is 2. The van der Waals surface area contributed by atoms with Crippen LogP contribution >= 0.6 is 0 Å². The molecule has 2 aromatic carbocycles.